The van der Waals surface area contributed by atoms with E-state index in [0.29, 0.717) is 16.0 Å². The van der Waals surface area contributed by atoms with Crippen LogP contribution in [-0.4, -0.2) is 41.4 Å². The molecule has 1 aromatic rings. The SMILES string of the molecule is COCC(CO)Nc1nc[nH]c(=O)c1I. The molecule has 0 spiro atoms. The number of methoxy groups -OCH3 is 1. The van der Waals surface area contributed by atoms with E-state index >= 15 is 0 Å². The Kier molecular flexibility index (Phi) is 4.99. The van der Waals surface area contributed by atoms with Gasteiger partial charge in [0.25, 0.3) is 5.56 Å². The summed E-state index contributed by atoms with van der Waals surface area (Å²) in [6, 6.07) is -0.266. The van der Waals surface area contributed by atoms with Crippen LogP contribution in [-0.2, 0) is 4.74 Å². The summed E-state index contributed by atoms with van der Waals surface area (Å²) in [5.41, 5.74) is -0.206. The number of H-pyrrole nitrogens is 1. The maximum Gasteiger partial charge on any atom is 0.266 e. The van der Waals surface area contributed by atoms with Crippen molar-refractivity contribution in [3.63, 3.8) is 0 Å². The van der Waals surface area contributed by atoms with Crippen molar-refractivity contribution in [3.05, 3.63) is 20.3 Å². The van der Waals surface area contributed by atoms with E-state index in [9.17, 15) is 4.79 Å². The van der Waals surface area contributed by atoms with Crippen LogP contribution in [0, 0.1) is 3.57 Å². The summed E-state index contributed by atoms with van der Waals surface area (Å²) >= 11 is 1.89. The second-order valence-corrected chi connectivity index (χ2v) is 3.95. The summed E-state index contributed by atoms with van der Waals surface area (Å²) in [6.45, 7) is 0.263. The second-order valence-electron chi connectivity index (χ2n) is 2.87. The number of anilines is 1. The second kappa shape index (κ2) is 6.03. The molecule has 15 heavy (non-hydrogen) atoms. The van der Waals surface area contributed by atoms with Gasteiger partial charge >= 0.3 is 0 Å². The number of nitrogens with one attached hydrogen (secondary N) is 2. The highest BCUT2D eigenvalue weighted by Crippen LogP contribution is 2.09. The molecule has 7 heteroatoms. The zero-order valence-electron chi connectivity index (χ0n) is 8.16. The van der Waals surface area contributed by atoms with E-state index in [2.05, 4.69) is 15.3 Å². The van der Waals surface area contributed by atoms with Crippen molar-refractivity contribution in [1.82, 2.24) is 9.97 Å². The van der Waals surface area contributed by atoms with Gasteiger partial charge in [-0.3, -0.25) is 4.79 Å². The molecule has 0 aromatic carbocycles. The zero-order chi connectivity index (χ0) is 11.3. The molecule has 1 rings (SSSR count). The summed E-state index contributed by atoms with van der Waals surface area (Å²) in [5.74, 6) is 0.454. The number of halogens is 1. The minimum absolute atomic E-state index is 0.0849. The normalized spacial score (nSPS) is 12.5. The van der Waals surface area contributed by atoms with Crippen molar-refractivity contribution >= 4 is 28.4 Å². The van der Waals surface area contributed by atoms with Gasteiger partial charge in [-0.15, -0.1) is 0 Å². The van der Waals surface area contributed by atoms with Crippen LogP contribution in [0.5, 0.6) is 0 Å². The van der Waals surface area contributed by atoms with Gasteiger partial charge in [-0.2, -0.15) is 0 Å². The number of aromatic amines is 1. The predicted octanol–water partition coefficient (Wildman–Crippen LogP) is -0.206. The van der Waals surface area contributed by atoms with Gasteiger partial charge in [-0.05, 0) is 22.6 Å². The monoisotopic (exact) mass is 325 g/mol. The maximum atomic E-state index is 11.2. The Morgan fingerprint density at radius 2 is 2.53 bits per heavy atom. The summed E-state index contributed by atoms with van der Waals surface area (Å²) in [7, 11) is 1.54. The van der Waals surface area contributed by atoms with Crippen LogP contribution in [0.1, 0.15) is 0 Å². The molecule has 0 saturated carbocycles. The van der Waals surface area contributed by atoms with Gasteiger partial charge < -0.3 is 20.1 Å². The van der Waals surface area contributed by atoms with E-state index < -0.39 is 0 Å². The van der Waals surface area contributed by atoms with Crippen LogP contribution in [0.25, 0.3) is 0 Å². The van der Waals surface area contributed by atoms with Gasteiger partial charge in [0.05, 0.1) is 25.6 Å². The molecule has 0 aliphatic rings. The van der Waals surface area contributed by atoms with E-state index in [0.717, 1.165) is 0 Å². The fourth-order valence-electron chi connectivity index (χ4n) is 1.02. The predicted molar refractivity (Wildman–Crippen MR) is 63.9 cm³/mol. The van der Waals surface area contributed by atoms with Crippen LogP contribution >= 0.6 is 22.6 Å². The molecule has 0 aliphatic carbocycles. The fourth-order valence-corrected chi connectivity index (χ4v) is 1.47. The van der Waals surface area contributed by atoms with Crippen molar-refractivity contribution < 1.29 is 9.84 Å². The van der Waals surface area contributed by atoms with Gasteiger partial charge in [0.2, 0.25) is 0 Å². The lowest BCUT2D eigenvalue weighted by molar-refractivity contribution is 0.153. The lowest BCUT2D eigenvalue weighted by Gasteiger charge is -2.15. The van der Waals surface area contributed by atoms with Crippen molar-refractivity contribution in [2.24, 2.45) is 0 Å². The standard InChI is InChI=1S/C8H12IN3O3/c1-15-3-5(2-13)12-7-6(9)8(14)11-4-10-7/h4-5,13H,2-3H2,1H3,(H2,10,11,12,14). The average Bonchev–Trinajstić information content (AvgIpc) is 2.24. The van der Waals surface area contributed by atoms with Crippen LogP contribution in [0.4, 0.5) is 5.82 Å². The van der Waals surface area contributed by atoms with E-state index in [1.807, 2.05) is 22.6 Å². The number of ether oxygens (including phenoxy) is 1. The topological polar surface area (TPSA) is 87.2 Å². The van der Waals surface area contributed by atoms with Gasteiger partial charge in [-0.1, -0.05) is 0 Å². The summed E-state index contributed by atoms with van der Waals surface area (Å²) < 4.78 is 5.36. The quantitative estimate of drug-likeness (QED) is 0.653. The number of hydrogen-bond acceptors (Lipinski definition) is 5. The molecule has 0 fully saturated rings. The molecule has 1 unspecified atom stereocenters. The number of aliphatic hydroxyl groups excluding tert-OH is 1. The highest BCUT2D eigenvalue weighted by molar-refractivity contribution is 14.1. The lowest BCUT2D eigenvalue weighted by atomic mass is 10.3. The van der Waals surface area contributed by atoms with Crippen LogP contribution in [0.2, 0.25) is 0 Å². The van der Waals surface area contributed by atoms with Gasteiger partial charge in [0, 0.05) is 7.11 Å². The molecule has 1 heterocycles. The van der Waals surface area contributed by atoms with Crippen LogP contribution in [0.3, 0.4) is 0 Å². The minimum Gasteiger partial charge on any atom is -0.394 e. The molecule has 0 amide bonds. The fraction of sp³-hybridized carbons (Fsp3) is 0.500. The number of aromatic nitrogens is 2. The van der Waals surface area contributed by atoms with Gasteiger partial charge in [-0.25, -0.2) is 4.98 Å². The van der Waals surface area contributed by atoms with Crippen LogP contribution < -0.4 is 10.9 Å². The molecular weight excluding hydrogens is 313 g/mol. The minimum atomic E-state index is -0.266. The Morgan fingerprint density at radius 1 is 1.80 bits per heavy atom. The van der Waals surface area contributed by atoms with Crippen molar-refractivity contribution in [3.8, 4) is 0 Å². The number of hydrogen-bond donors (Lipinski definition) is 3. The summed E-state index contributed by atoms with van der Waals surface area (Å²) in [6.07, 6.45) is 1.31. The zero-order valence-corrected chi connectivity index (χ0v) is 10.3. The lowest BCUT2D eigenvalue weighted by Crippen LogP contribution is -2.30. The molecule has 1 aromatic heterocycles. The number of aliphatic hydroxyl groups is 1. The van der Waals surface area contributed by atoms with Crippen molar-refractivity contribution in [2.75, 3.05) is 25.6 Å². The Morgan fingerprint density at radius 3 is 3.13 bits per heavy atom. The van der Waals surface area contributed by atoms with Crippen molar-refractivity contribution in [1.29, 1.82) is 0 Å². The first-order valence-corrected chi connectivity index (χ1v) is 5.36. The van der Waals surface area contributed by atoms with Crippen molar-refractivity contribution in [2.45, 2.75) is 6.04 Å². The number of nitrogens with zero attached hydrogens (tertiary/aromatic N) is 1. The molecule has 0 saturated heterocycles. The highest BCUT2D eigenvalue weighted by atomic mass is 127. The largest absolute Gasteiger partial charge is 0.394 e. The van der Waals surface area contributed by atoms with E-state index in [1.165, 1.54) is 6.33 Å². The molecule has 84 valence electrons. The molecule has 0 bridgehead atoms. The third-order valence-electron chi connectivity index (χ3n) is 1.73. The first kappa shape index (κ1) is 12.4. The van der Waals surface area contributed by atoms with E-state index in [1.54, 1.807) is 7.11 Å². The smallest absolute Gasteiger partial charge is 0.266 e. The molecule has 3 N–H and O–H groups in total. The molecular formula is C8H12IN3O3. The maximum absolute atomic E-state index is 11.2. The first-order valence-electron chi connectivity index (χ1n) is 4.28. The molecule has 1 atom stereocenters. The van der Waals surface area contributed by atoms with E-state index in [4.69, 9.17) is 9.84 Å². The Hall–Kier alpha value is -0.670. The highest BCUT2D eigenvalue weighted by Gasteiger charge is 2.11. The van der Waals surface area contributed by atoms with Crippen LogP contribution in [0.15, 0.2) is 11.1 Å². The third kappa shape index (κ3) is 3.43. The van der Waals surface area contributed by atoms with Gasteiger partial charge in [0.15, 0.2) is 0 Å². The Balaban J connectivity index is 2.79. The first-order chi connectivity index (χ1) is 7.19. The Bertz CT molecular complexity index is 368. The Labute approximate surface area is 100 Å². The molecule has 0 aliphatic heterocycles. The van der Waals surface area contributed by atoms with Gasteiger partial charge in [0.1, 0.15) is 9.39 Å². The third-order valence-corrected chi connectivity index (χ3v) is 2.73. The molecule has 6 nitrogen and oxygen atoms in total. The molecule has 0 radical (unpaired) electrons. The summed E-state index contributed by atoms with van der Waals surface area (Å²) in [5, 5.41) is 11.9. The summed E-state index contributed by atoms with van der Waals surface area (Å²) in [4.78, 5) is 17.7. The van der Waals surface area contributed by atoms with E-state index in [-0.39, 0.29) is 18.2 Å². The average molecular weight is 325 g/mol. The number of rotatable bonds is 5.